The summed E-state index contributed by atoms with van der Waals surface area (Å²) in [6.45, 7) is 4.75. The van der Waals surface area contributed by atoms with E-state index < -0.39 is 0 Å². The Hall–Kier alpha value is -1.37. The first-order valence-electron chi connectivity index (χ1n) is 6.64. The number of ether oxygens (including phenoxy) is 1. The number of hydrogen-bond acceptors (Lipinski definition) is 3. The van der Waals surface area contributed by atoms with Crippen molar-refractivity contribution >= 4 is 0 Å². The van der Waals surface area contributed by atoms with Gasteiger partial charge in [-0.1, -0.05) is 25.1 Å². The quantitative estimate of drug-likeness (QED) is 0.882. The average Bonchev–Trinajstić information content (AvgIpc) is 2.42. The van der Waals surface area contributed by atoms with E-state index in [0.29, 0.717) is 12.0 Å². The molecule has 3 nitrogen and oxygen atoms in total. The monoisotopic (exact) mass is 244 g/mol. The highest BCUT2D eigenvalue weighted by atomic mass is 16.5. The van der Waals surface area contributed by atoms with Gasteiger partial charge in [0, 0.05) is 18.6 Å². The van der Waals surface area contributed by atoms with Gasteiger partial charge in [0.1, 0.15) is 0 Å². The molecule has 1 saturated heterocycles. The molecule has 0 aliphatic carbocycles. The third kappa shape index (κ3) is 3.10. The van der Waals surface area contributed by atoms with Gasteiger partial charge in [-0.2, -0.15) is 5.26 Å². The van der Waals surface area contributed by atoms with Crippen LogP contribution in [0.5, 0.6) is 0 Å². The zero-order chi connectivity index (χ0) is 12.8. The van der Waals surface area contributed by atoms with Crippen LogP contribution in [-0.4, -0.2) is 25.8 Å². The van der Waals surface area contributed by atoms with E-state index in [2.05, 4.69) is 24.4 Å². The Labute approximate surface area is 109 Å². The van der Waals surface area contributed by atoms with Crippen LogP contribution in [0.2, 0.25) is 0 Å². The lowest BCUT2D eigenvalue weighted by atomic mass is 9.88. The van der Waals surface area contributed by atoms with E-state index in [0.717, 1.165) is 43.7 Å². The first kappa shape index (κ1) is 13.1. The van der Waals surface area contributed by atoms with E-state index >= 15 is 0 Å². The normalized spacial score (nSPS) is 23.6. The summed E-state index contributed by atoms with van der Waals surface area (Å²) in [7, 11) is 0. The number of rotatable bonds is 4. The summed E-state index contributed by atoms with van der Waals surface area (Å²) in [5.41, 5.74) is 1.93. The Kier molecular flexibility index (Phi) is 4.74. The average molecular weight is 244 g/mol. The lowest BCUT2D eigenvalue weighted by Crippen LogP contribution is -2.43. The van der Waals surface area contributed by atoms with E-state index in [1.807, 2.05) is 18.2 Å². The lowest BCUT2D eigenvalue weighted by molar-refractivity contribution is 0.0326. The molecule has 0 saturated carbocycles. The van der Waals surface area contributed by atoms with Crippen molar-refractivity contribution < 1.29 is 4.74 Å². The molecular weight excluding hydrogens is 224 g/mol. The summed E-state index contributed by atoms with van der Waals surface area (Å²) < 4.78 is 5.58. The van der Waals surface area contributed by atoms with E-state index in [1.165, 1.54) is 0 Å². The summed E-state index contributed by atoms with van der Waals surface area (Å²) in [6.07, 6.45) is 1.98. The molecule has 0 bridgehead atoms. The fourth-order valence-electron chi connectivity index (χ4n) is 2.62. The first-order chi connectivity index (χ1) is 8.85. The van der Waals surface area contributed by atoms with E-state index in [-0.39, 0.29) is 0 Å². The molecule has 18 heavy (non-hydrogen) atoms. The molecule has 1 heterocycles. The summed E-state index contributed by atoms with van der Waals surface area (Å²) >= 11 is 0. The minimum atomic E-state index is 0.466. The van der Waals surface area contributed by atoms with E-state index in [1.54, 1.807) is 0 Å². The molecule has 1 aliphatic rings. The third-order valence-corrected chi connectivity index (χ3v) is 3.56. The topological polar surface area (TPSA) is 45.0 Å². The Balaban J connectivity index is 2.09. The Morgan fingerprint density at radius 3 is 3.06 bits per heavy atom. The largest absolute Gasteiger partial charge is 0.381 e. The molecule has 1 N–H and O–H groups in total. The summed E-state index contributed by atoms with van der Waals surface area (Å²) in [4.78, 5) is 0. The fraction of sp³-hybridized carbons (Fsp3) is 0.533. The fourth-order valence-corrected chi connectivity index (χ4v) is 2.62. The van der Waals surface area contributed by atoms with Crippen molar-refractivity contribution in [3.63, 3.8) is 0 Å². The van der Waals surface area contributed by atoms with Gasteiger partial charge in [0.25, 0.3) is 0 Å². The van der Waals surface area contributed by atoms with Crippen molar-refractivity contribution in [2.24, 2.45) is 5.92 Å². The zero-order valence-corrected chi connectivity index (χ0v) is 10.9. The van der Waals surface area contributed by atoms with Crippen molar-refractivity contribution in [3.8, 4) is 6.07 Å². The minimum absolute atomic E-state index is 0.466. The predicted octanol–water partition coefficient (Wildman–Crippen LogP) is 2.12. The van der Waals surface area contributed by atoms with E-state index in [9.17, 15) is 0 Å². The predicted molar refractivity (Wildman–Crippen MR) is 71.3 cm³/mol. The van der Waals surface area contributed by atoms with Crippen LogP contribution >= 0.6 is 0 Å². The van der Waals surface area contributed by atoms with Crippen LogP contribution in [0.1, 0.15) is 24.5 Å². The SMILES string of the molecule is CCN[C@H]1CCOC[C@@H]1Cc1ccccc1C#N. The van der Waals surface area contributed by atoms with Crippen molar-refractivity contribution in [3.05, 3.63) is 35.4 Å². The molecule has 1 fully saturated rings. The van der Waals surface area contributed by atoms with Gasteiger partial charge >= 0.3 is 0 Å². The second-order valence-electron chi connectivity index (χ2n) is 4.76. The van der Waals surface area contributed by atoms with Crippen molar-refractivity contribution in [2.45, 2.75) is 25.8 Å². The summed E-state index contributed by atoms with van der Waals surface area (Å²) in [6, 6.07) is 10.6. The third-order valence-electron chi connectivity index (χ3n) is 3.56. The summed E-state index contributed by atoms with van der Waals surface area (Å²) in [5, 5.41) is 12.6. The molecule has 3 heteroatoms. The highest BCUT2D eigenvalue weighted by molar-refractivity contribution is 5.37. The Bertz CT molecular complexity index is 423. The number of nitrogens with one attached hydrogen (secondary N) is 1. The molecule has 2 rings (SSSR count). The van der Waals surface area contributed by atoms with Crippen molar-refractivity contribution in [1.82, 2.24) is 5.32 Å². The second-order valence-corrected chi connectivity index (χ2v) is 4.76. The lowest BCUT2D eigenvalue weighted by Gasteiger charge is -2.32. The van der Waals surface area contributed by atoms with Crippen LogP contribution in [0.3, 0.4) is 0 Å². The van der Waals surface area contributed by atoms with Gasteiger partial charge in [-0.25, -0.2) is 0 Å². The molecule has 2 atom stereocenters. The van der Waals surface area contributed by atoms with Gasteiger partial charge in [0.2, 0.25) is 0 Å². The van der Waals surface area contributed by atoms with Crippen LogP contribution in [0.15, 0.2) is 24.3 Å². The van der Waals surface area contributed by atoms with Crippen LogP contribution in [0, 0.1) is 17.2 Å². The summed E-state index contributed by atoms with van der Waals surface area (Å²) in [5.74, 6) is 0.466. The van der Waals surface area contributed by atoms with Gasteiger partial charge in [-0.05, 0) is 31.0 Å². The maximum Gasteiger partial charge on any atom is 0.0994 e. The molecule has 0 spiro atoms. The van der Waals surface area contributed by atoms with E-state index in [4.69, 9.17) is 10.00 Å². The molecule has 1 aliphatic heterocycles. The van der Waals surface area contributed by atoms with Crippen LogP contribution in [0.25, 0.3) is 0 Å². The second kappa shape index (κ2) is 6.53. The standard InChI is InChI=1S/C15H20N2O/c1-2-17-15-7-8-18-11-14(15)9-12-5-3-4-6-13(12)10-16/h3-6,14-15,17H,2,7-9,11H2,1H3/t14-,15-/m0/s1. The van der Waals surface area contributed by atoms with Gasteiger partial charge in [0.15, 0.2) is 0 Å². The van der Waals surface area contributed by atoms with Gasteiger partial charge < -0.3 is 10.1 Å². The maximum absolute atomic E-state index is 9.12. The van der Waals surface area contributed by atoms with Gasteiger partial charge in [0.05, 0.1) is 18.2 Å². The van der Waals surface area contributed by atoms with Crippen molar-refractivity contribution in [2.75, 3.05) is 19.8 Å². The molecule has 0 aromatic heterocycles. The molecule has 0 amide bonds. The highest BCUT2D eigenvalue weighted by Gasteiger charge is 2.25. The molecule has 96 valence electrons. The van der Waals surface area contributed by atoms with Crippen molar-refractivity contribution in [1.29, 1.82) is 5.26 Å². The van der Waals surface area contributed by atoms with Crippen LogP contribution in [-0.2, 0) is 11.2 Å². The number of benzene rings is 1. The smallest absolute Gasteiger partial charge is 0.0994 e. The van der Waals surface area contributed by atoms with Gasteiger partial charge in [-0.3, -0.25) is 0 Å². The Morgan fingerprint density at radius 2 is 2.28 bits per heavy atom. The molecule has 0 unspecified atom stereocenters. The first-order valence-corrected chi connectivity index (χ1v) is 6.64. The zero-order valence-electron chi connectivity index (χ0n) is 10.9. The number of nitrogens with zero attached hydrogens (tertiary/aromatic N) is 1. The maximum atomic E-state index is 9.12. The number of nitriles is 1. The van der Waals surface area contributed by atoms with Crippen LogP contribution in [0.4, 0.5) is 0 Å². The van der Waals surface area contributed by atoms with Gasteiger partial charge in [-0.15, -0.1) is 0 Å². The molecule has 0 radical (unpaired) electrons. The van der Waals surface area contributed by atoms with Crippen LogP contribution < -0.4 is 5.32 Å². The number of hydrogen-bond donors (Lipinski definition) is 1. The highest BCUT2D eigenvalue weighted by Crippen LogP contribution is 2.21. The molecule has 1 aromatic rings. The molecule has 1 aromatic carbocycles. The molecular formula is C15H20N2O. The Morgan fingerprint density at radius 1 is 1.44 bits per heavy atom. The minimum Gasteiger partial charge on any atom is -0.381 e.